The van der Waals surface area contributed by atoms with Crippen molar-refractivity contribution in [1.29, 1.82) is 0 Å². The highest BCUT2D eigenvalue weighted by Crippen LogP contribution is 2.42. The lowest BCUT2D eigenvalue weighted by molar-refractivity contribution is 0.123. The standard InChI is InChI=1S/C34H38N2O.ClH/c1-3-31-26-28(27-17-19-32(37-2)20-18-27)21-24-36(31)25-22-34(29-12-6-4-7-13-29,30-14-8-5-9-15-30)33-16-10-11-23-35-33;/h4-20,23,28,31H,3,21-22,24-26H2,1-2H3;1H. The molecular formula is C34H39ClN2O. The molecule has 1 fully saturated rings. The van der Waals surface area contributed by atoms with Crippen LogP contribution >= 0.6 is 12.4 Å². The minimum atomic E-state index is -0.297. The third-order valence-electron chi connectivity index (χ3n) is 8.31. The number of ether oxygens (including phenoxy) is 1. The fraction of sp³-hybridized carbons (Fsp3) is 0.324. The topological polar surface area (TPSA) is 25.4 Å². The molecule has 0 N–H and O–H groups in total. The van der Waals surface area contributed by atoms with Crippen LogP contribution in [0.15, 0.2) is 109 Å². The Morgan fingerprint density at radius 2 is 1.47 bits per heavy atom. The number of benzene rings is 3. The van der Waals surface area contributed by atoms with Gasteiger partial charge in [-0.05, 0) is 85.6 Å². The number of aromatic nitrogens is 1. The van der Waals surface area contributed by atoms with E-state index in [9.17, 15) is 0 Å². The fourth-order valence-electron chi connectivity index (χ4n) is 6.25. The van der Waals surface area contributed by atoms with Crippen LogP contribution in [0.1, 0.15) is 60.9 Å². The maximum Gasteiger partial charge on any atom is 0.118 e. The Bertz CT molecular complexity index is 1140. The highest BCUT2D eigenvalue weighted by molar-refractivity contribution is 5.85. The number of rotatable bonds is 9. The summed E-state index contributed by atoms with van der Waals surface area (Å²) in [6, 6.07) is 37.6. The van der Waals surface area contributed by atoms with Crippen molar-refractivity contribution >= 4 is 12.4 Å². The molecule has 198 valence electrons. The number of hydrogen-bond donors (Lipinski definition) is 0. The molecule has 0 spiro atoms. The van der Waals surface area contributed by atoms with E-state index in [1.807, 2.05) is 12.3 Å². The highest BCUT2D eigenvalue weighted by atomic mass is 35.5. The SMILES string of the molecule is CCC1CC(c2ccc(OC)cc2)CCN1CCC(c1ccccc1)(c1ccccc1)c1ccccn1.Cl. The summed E-state index contributed by atoms with van der Waals surface area (Å²) in [5.41, 5.74) is 4.88. The zero-order valence-corrected chi connectivity index (χ0v) is 23.3. The second-order valence-electron chi connectivity index (χ2n) is 10.2. The van der Waals surface area contributed by atoms with Gasteiger partial charge in [0.2, 0.25) is 0 Å². The Hall–Kier alpha value is -3.14. The average Bonchev–Trinajstić information content (AvgIpc) is 2.99. The van der Waals surface area contributed by atoms with Crippen LogP contribution in [0.5, 0.6) is 5.75 Å². The van der Waals surface area contributed by atoms with Crippen LogP contribution in [0.3, 0.4) is 0 Å². The molecule has 0 radical (unpaired) electrons. The number of nitrogens with zero attached hydrogens (tertiary/aromatic N) is 2. The van der Waals surface area contributed by atoms with Crippen molar-refractivity contribution in [2.75, 3.05) is 20.2 Å². The number of halogens is 1. The first kappa shape index (κ1) is 27.9. The second kappa shape index (κ2) is 13.1. The Balaban J connectivity index is 0.00000336. The maximum atomic E-state index is 5.38. The van der Waals surface area contributed by atoms with Crippen molar-refractivity contribution in [2.45, 2.75) is 50.0 Å². The Kier molecular flexibility index (Phi) is 9.60. The molecule has 38 heavy (non-hydrogen) atoms. The summed E-state index contributed by atoms with van der Waals surface area (Å²) < 4.78 is 5.38. The maximum absolute atomic E-state index is 5.38. The average molecular weight is 527 g/mol. The van der Waals surface area contributed by atoms with Crippen LogP contribution in [-0.2, 0) is 5.41 Å². The van der Waals surface area contributed by atoms with E-state index in [4.69, 9.17) is 9.72 Å². The highest BCUT2D eigenvalue weighted by Gasteiger charge is 2.39. The number of piperidine rings is 1. The normalized spacial score (nSPS) is 17.9. The molecule has 3 aromatic carbocycles. The van der Waals surface area contributed by atoms with Crippen molar-refractivity contribution in [2.24, 2.45) is 0 Å². The molecule has 5 rings (SSSR count). The zero-order valence-electron chi connectivity index (χ0n) is 22.5. The molecule has 2 atom stereocenters. The summed E-state index contributed by atoms with van der Waals surface area (Å²) in [7, 11) is 1.73. The van der Waals surface area contributed by atoms with E-state index < -0.39 is 0 Å². The predicted molar refractivity (Wildman–Crippen MR) is 159 cm³/mol. The molecule has 4 aromatic rings. The third kappa shape index (κ3) is 5.80. The molecule has 2 heterocycles. The van der Waals surface area contributed by atoms with Gasteiger partial charge in [0.05, 0.1) is 18.2 Å². The number of methoxy groups -OCH3 is 1. The van der Waals surface area contributed by atoms with Gasteiger partial charge in [0.25, 0.3) is 0 Å². The van der Waals surface area contributed by atoms with Gasteiger partial charge in [-0.1, -0.05) is 85.8 Å². The summed E-state index contributed by atoms with van der Waals surface area (Å²) in [6.07, 6.45) is 6.49. The van der Waals surface area contributed by atoms with Gasteiger partial charge in [0.1, 0.15) is 5.75 Å². The largest absolute Gasteiger partial charge is 0.497 e. The van der Waals surface area contributed by atoms with Crippen molar-refractivity contribution in [3.05, 3.63) is 132 Å². The van der Waals surface area contributed by atoms with Gasteiger partial charge in [0, 0.05) is 12.2 Å². The lowest BCUT2D eigenvalue weighted by Gasteiger charge is -2.42. The molecule has 1 aliphatic heterocycles. The van der Waals surface area contributed by atoms with Crippen LogP contribution < -0.4 is 4.74 Å². The molecule has 3 nitrogen and oxygen atoms in total. The van der Waals surface area contributed by atoms with Gasteiger partial charge in [-0.25, -0.2) is 0 Å². The van der Waals surface area contributed by atoms with Gasteiger partial charge in [-0.15, -0.1) is 12.4 Å². The second-order valence-corrected chi connectivity index (χ2v) is 10.2. The monoisotopic (exact) mass is 526 g/mol. The van der Waals surface area contributed by atoms with E-state index in [-0.39, 0.29) is 17.8 Å². The predicted octanol–water partition coefficient (Wildman–Crippen LogP) is 7.89. The number of pyridine rings is 1. The zero-order chi connectivity index (χ0) is 25.5. The molecular weight excluding hydrogens is 488 g/mol. The minimum Gasteiger partial charge on any atom is -0.497 e. The van der Waals surface area contributed by atoms with E-state index in [2.05, 4.69) is 109 Å². The van der Waals surface area contributed by atoms with E-state index in [1.165, 1.54) is 36.0 Å². The molecule has 0 aliphatic carbocycles. The Labute approximate surface area is 234 Å². The van der Waals surface area contributed by atoms with E-state index in [0.717, 1.165) is 31.0 Å². The lowest BCUT2D eigenvalue weighted by atomic mass is 9.69. The molecule has 0 amide bonds. The molecule has 0 bridgehead atoms. The lowest BCUT2D eigenvalue weighted by Crippen LogP contribution is -2.44. The first-order valence-corrected chi connectivity index (χ1v) is 13.6. The summed E-state index contributed by atoms with van der Waals surface area (Å²) >= 11 is 0. The van der Waals surface area contributed by atoms with Crippen LogP contribution in [-0.4, -0.2) is 36.1 Å². The molecule has 1 aliphatic rings. The van der Waals surface area contributed by atoms with Gasteiger partial charge in [-0.3, -0.25) is 4.98 Å². The number of likely N-dealkylation sites (tertiary alicyclic amines) is 1. The van der Waals surface area contributed by atoms with Crippen LogP contribution in [0.2, 0.25) is 0 Å². The Morgan fingerprint density at radius 3 is 2.03 bits per heavy atom. The van der Waals surface area contributed by atoms with Crippen molar-refractivity contribution in [1.82, 2.24) is 9.88 Å². The summed E-state index contributed by atoms with van der Waals surface area (Å²) in [4.78, 5) is 7.68. The van der Waals surface area contributed by atoms with Gasteiger partial charge < -0.3 is 9.64 Å². The summed E-state index contributed by atoms with van der Waals surface area (Å²) in [5.74, 6) is 1.54. The molecule has 2 unspecified atom stereocenters. The van der Waals surface area contributed by atoms with Gasteiger partial charge in [-0.2, -0.15) is 0 Å². The molecule has 0 saturated carbocycles. The first-order valence-electron chi connectivity index (χ1n) is 13.6. The smallest absolute Gasteiger partial charge is 0.118 e. The van der Waals surface area contributed by atoms with Crippen LogP contribution in [0, 0.1) is 0 Å². The van der Waals surface area contributed by atoms with Crippen LogP contribution in [0.25, 0.3) is 0 Å². The summed E-state index contributed by atoms with van der Waals surface area (Å²) in [6.45, 7) is 4.50. The van der Waals surface area contributed by atoms with Crippen molar-refractivity contribution in [3.63, 3.8) is 0 Å². The third-order valence-corrected chi connectivity index (χ3v) is 8.31. The van der Waals surface area contributed by atoms with Crippen molar-refractivity contribution in [3.8, 4) is 5.75 Å². The molecule has 1 saturated heterocycles. The minimum absolute atomic E-state index is 0. The Morgan fingerprint density at radius 1 is 0.842 bits per heavy atom. The quantitative estimate of drug-likeness (QED) is 0.221. The first-order chi connectivity index (χ1) is 18.2. The van der Waals surface area contributed by atoms with E-state index in [1.54, 1.807) is 7.11 Å². The molecule has 1 aromatic heterocycles. The van der Waals surface area contributed by atoms with Crippen LogP contribution in [0.4, 0.5) is 0 Å². The summed E-state index contributed by atoms with van der Waals surface area (Å²) in [5, 5.41) is 0. The molecule has 4 heteroatoms. The fourth-order valence-corrected chi connectivity index (χ4v) is 6.25. The van der Waals surface area contributed by atoms with Gasteiger partial charge >= 0.3 is 0 Å². The van der Waals surface area contributed by atoms with Crippen molar-refractivity contribution < 1.29 is 4.74 Å². The van der Waals surface area contributed by atoms with E-state index in [0.29, 0.717) is 12.0 Å². The number of hydrogen-bond acceptors (Lipinski definition) is 3. The van der Waals surface area contributed by atoms with Gasteiger partial charge in [0.15, 0.2) is 0 Å². The van der Waals surface area contributed by atoms with E-state index >= 15 is 0 Å².